The summed E-state index contributed by atoms with van der Waals surface area (Å²) in [5.74, 6) is -0.540. The maximum atomic E-state index is 13.9. The third-order valence-corrected chi connectivity index (χ3v) is 5.95. The highest BCUT2D eigenvalue weighted by Gasteiger charge is 2.25. The van der Waals surface area contributed by atoms with Crippen molar-refractivity contribution in [2.75, 3.05) is 14.1 Å². The molecule has 0 aliphatic heterocycles. The molecule has 2 aromatic carbocycles. The van der Waals surface area contributed by atoms with Gasteiger partial charge in [-0.15, -0.1) is 0 Å². The molecule has 0 unspecified atom stereocenters. The third kappa shape index (κ3) is 4.46. The van der Waals surface area contributed by atoms with Crippen LogP contribution in [0.1, 0.15) is 11.1 Å². The average Bonchev–Trinajstić information content (AvgIpc) is 2.50. The minimum absolute atomic E-state index is 0.140. The number of benzene rings is 2. The molecular weight excluding hydrogens is 374 g/mol. The van der Waals surface area contributed by atoms with Gasteiger partial charge in [-0.25, -0.2) is 4.39 Å². The number of halogens is 3. The van der Waals surface area contributed by atoms with E-state index < -0.39 is 16.0 Å². The molecule has 130 valence electrons. The molecule has 0 aliphatic carbocycles. The minimum atomic E-state index is -3.78. The van der Waals surface area contributed by atoms with Crippen LogP contribution in [0.5, 0.6) is 0 Å². The first-order valence-corrected chi connectivity index (χ1v) is 9.22. The number of rotatable bonds is 6. The van der Waals surface area contributed by atoms with Gasteiger partial charge < -0.3 is 0 Å². The zero-order valence-electron chi connectivity index (χ0n) is 13.2. The summed E-state index contributed by atoms with van der Waals surface area (Å²) in [5.41, 5.74) is 0.896. The smallest absolute Gasteiger partial charge is 0.207 e. The van der Waals surface area contributed by atoms with Crippen molar-refractivity contribution in [3.8, 4) is 0 Å². The van der Waals surface area contributed by atoms with E-state index >= 15 is 0 Å². The normalized spacial score (nSPS) is 12.1. The Morgan fingerprint density at radius 3 is 2.25 bits per heavy atom. The second-order valence-corrected chi connectivity index (χ2v) is 8.34. The second kappa shape index (κ2) is 7.80. The van der Waals surface area contributed by atoms with E-state index in [4.69, 9.17) is 23.2 Å². The Balaban J connectivity index is 2.16. The Kier molecular flexibility index (Phi) is 6.22. The summed E-state index contributed by atoms with van der Waals surface area (Å²) in [6.45, 7) is -0.00797. The van der Waals surface area contributed by atoms with Crippen molar-refractivity contribution in [2.45, 2.75) is 13.1 Å². The molecule has 0 fully saturated rings. The van der Waals surface area contributed by atoms with Gasteiger partial charge in [0.15, 0.2) is 0 Å². The highest BCUT2D eigenvalue weighted by molar-refractivity contribution is 7.86. The van der Waals surface area contributed by atoms with Crippen LogP contribution in [0.2, 0.25) is 10.0 Å². The lowest BCUT2D eigenvalue weighted by atomic mass is 10.2. The van der Waals surface area contributed by atoms with E-state index in [0.717, 1.165) is 9.87 Å². The van der Waals surface area contributed by atoms with E-state index in [1.54, 1.807) is 24.3 Å². The molecule has 4 nitrogen and oxygen atoms in total. The van der Waals surface area contributed by atoms with Crippen molar-refractivity contribution in [1.82, 2.24) is 8.61 Å². The minimum Gasteiger partial charge on any atom is -0.207 e. The van der Waals surface area contributed by atoms with Crippen LogP contribution in [0.25, 0.3) is 0 Å². The first kappa shape index (κ1) is 19.1. The zero-order valence-corrected chi connectivity index (χ0v) is 15.5. The molecule has 0 spiro atoms. The van der Waals surface area contributed by atoms with Gasteiger partial charge in [0, 0.05) is 42.8 Å². The average molecular weight is 391 g/mol. The Morgan fingerprint density at radius 2 is 1.62 bits per heavy atom. The molecule has 0 amide bonds. The van der Waals surface area contributed by atoms with Gasteiger partial charge >= 0.3 is 0 Å². The largest absolute Gasteiger partial charge is 0.282 e. The van der Waals surface area contributed by atoms with Crippen LogP contribution in [0.4, 0.5) is 4.39 Å². The molecule has 0 heterocycles. The summed E-state index contributed by atoms with van der Waals surface area (Å²) in [4.78, 5) is 0. The molecule has 0 saturated carbocycles. The van der Waals surface area contributed by atoms with Crippen molar-refractivity contribution in [3.05, 3.63) is 69.5 Å². The van der Waals surface area contributed by atoms with E-state index in [-0.39, 0.29) is 23.7 Å². The molecule has 24 heavy (non-hydrogen) atoms. The molecule has 0 aliphatic rings. The zero-order chi connectivity index (χ0) is 17.9. The summed E-state index contributed by atoms with van der Waals surface area (Å²) in [7, 11) is -0.948. The highest BCUT2D eigenvalue weighted by atomic mass is 35.5. The van der Waals surface area contributed by atoms with E-state index in [1.165, 1.54) is 36.6 Å². The Morgan fingerprint density at radius 1 is 1.00 bits per heavy atom. The van der Waals surface area contributed by atoms with Gasteiger partial charge in [-0.1, -0.05) is 41.4 Å². The number of nitrogens with zero attached hydrogens (tertiary/aromatic N) is 2. The van der Waals surface area contributed by atoms with Gasteiger partial charge in [0.2, 0.25) is 0 Å². The van der Waals surface area contributed by atoms with Crippen molar-refractivity contribution < 1.29 is 12.8 Å². The van der Waals surface area contributed by atoms with E-state index in [2.05, 4.69) is 0 Å². The first-order valence-electron chi connectivity index (χ1n) is 7.06. The summed E-state index contributed by atoms with van der Waals surface area (Å²) in [6, 6.07) is 11.2. The number of hydrogen-bond acceptors (Lipinski definition) is 2. The Hall–Kier alpha value is -1.18. The van der Waals surface area contributed by atoms with Crippen LogP contribution in [-0.2, 0) is 23.3 Å². The maximum absolute atomic E-state index is 13.9. The Labute approximate surface area is 151 Å². The van der Waals surface area contributed by atoms with Crippen molar-refractivity contribution in [2.24, 2.45) is 0 Å². The molecule has 0 bridgehead atoms. The van der Waals surface area contributed by atoms with Crippen LogP contribution >= 0.6 is 23.2 Å². The first-order chi connectivity index (χ1) is 11.2. The van der Waals surface area contributed by atoms with E-state index in [0.29, 0.717) is 5.02 Å². The fraction of sp³-hybridized carbons (Fsp3) is 0.250. The second-order valence-electron chi connectivity index (χ2n) is 5.35. The molecule has 0 radical (unpaired) electrons. The van der Waals surface area contributed by atoms with Gasteiger partial charge in [-0.05, 0) is 29.8 Å². The quantitative estimate of drug-likeness (QED) is 0.749. The summed E-state index contributed by atoms with van der Waals surface area (Å²) >= 11 is 11.9. The molecule has 8 heteroatoms. The van der Waals surface area contributed by atoms with Crippen LogP contribution in [0.15, 0.2) is 42.5 Å². The summed E-state index contributed by atoms with van der Waals surface area (Å²) in [6.07, 6.45) is 0. The highest BCUT2D eigenvalue weighted by Crippen LogP contribution is 2.22. The van der Waals surface area contributed by atoms with Gasteiger partial charge in [0.05, 0.1) is 0 Å². The van der Waals surface area contributed by atoms with Crippen molar-refractivity contribution in [3.63, 3.8) is 0 Å². The summed E-state index contributed by atoms with van der Waals surface area (Å²) in [5, 5.41) is 0.722. The van der Waals surface area contributed by atoms with Crippen molar-refractivity contribution >= 4 is 33.4 Å². The van der Waals surface area contributed by atoms with Gasteiger partial charge in [0.25, 0.3) is 10.2 Å². The Bertz CT molecular complexity index is 810. The van der Waals surface area contributed by atoms with Gasteiger partial charge in [-0.3, -0.25) is 0 Å². The fourth-order valence-corrected chi connectivity index (χ4v) is 3.72. The molecule has 0 atom stereocenters. The van der Waals surface area contributed by atoms with Crippen LogP contribution in [0, 0.1) is 5.82 Å². The molecular formula is C16H17Cl2FN2O2S. The fourth-order valence-electron chi connectivity index (χ4n) is 2.20. The SMILES string of the molecule is CN(Cc1cccc(Cl)c1)S(=O)(=O)N(C)Cc1c(F)cccc1Cl. The predicted molar refractivity (Wildman–Crippen MR) is 94.7 cm³/mol. The molecule has 0 saturated heterocycles. The maximum Gasteiger partial charge on any atom is 0.282 e. The topological polar surface area (TPSA) is 40.6 Å². The lowest BCUT2D eigenvalue weighted by molar-refractivity contribution is 0.383. The molecule has 2 aromatic rings. The predicted octanol–water partition coefficient (Wildman–Crippen LogP) is 3.94. The molecule has 0 N–H and O–H groups in total. The van der Waals surface area contributed by atoms with E-state index in [1.807, 2.05) is 0 Å². The van der Waals surface area contributed by atoms with Crippen molar-refractivity contribution in [1.29, 1.82) is 0 Å². The molecule has 2 rings (SSSR count). The van der Waals surface area contributed by atoms with Gasteiger partial charge in [0.1, 0.15) is 5.82 Å². The molecule has 0 aromatic heterocycles. The number of hydrogen-bond donors (Lipinski definition) is 0. The van der Waals surface area contributed by atoms with Gasteiger partial charge in [-0.2, -0.15) is 17.0 Å². The lowest BCUT2D eigenvalue weighted by Crippen LogP contribution is -2.39. The van der Waals surface area contributed by atoms with Crippen LogP contribution in [0.3, 0.4) is 0 Å². The monoisotopic (exact) mass is 390 g/mol. The van der Waals surface area contributed by atoms with Crippen LogP contribution < -0.4 is 0 Å². The van der Waals surface area contributed by atoms with E-state index in [9.17, 15) is 12.8 Å². The lowest BCUT2D eigenvalue weighted by Gasteiger charge is -2.25. The summed E-state index contributed by atoms with van der Waals surface area (Å²) < 4.78 is 41.3. The standard InChI is InChI=1S/C16H17Cl2FN2O2S/c1-20(10-12-5-3-6-13(17)9-12)24(22,23)21(2)11-14-15(18)7-4-8-16(14)19/h3-9H,10-11H2,1-2H3. The van der Waals surface area contributed by atoms with Crippen LogP contribution in [-0.4, -0.2) is 31.1 Å². The third-order valence-electron chi connectivity index (χ3n) is 3.52.